The Labute approximate surface area is 95.4 Å². The molecule has 84 valence electrons. The second-order valence-corrected chi connectivity index (χ2v) is 3.58. The zero-order valence-electron chi connectivity index (χ0n) is 9.43. The van der Waals surface area contributed by atoms with Gasteiger partial charge in [-0.25, -0.2) is 4.98 Å². The fraction of sp³-hybridized carbons (Fsp3) is 0.333. The smallest absolute Gasteiger partial charge is 0.202 e. The van der Waals surface area contributed by atoms with Gasteiger partial charge in [0.1, 0.15) is 0 Å². The van der Waals surface area contributed by atoms with Gasteiger partial charge in [-0.3, -0.25) is 4.98 Å². The Kier molecular flexibility index (Phi) is 3.53. The van der Waals surface area contributed by atoms with Crippen molar-refractivity contribution in [3.05, 3.63) is 42.5 Å². The molecule has 2 aromatic rings. The maximum Gasteiger partial charge on any atom is 0.202 e. The minimum atomic E-state index is 0.895. The molecule has 0 bridgehead atoms. The number of rotatable bonds is 5. The fourth-order valence-electron chi connectivity index (χ4n) is 1.61. The van der Waals surface area contributed by atoms with Gasteiger partial charge in [-0.2, -0.15) is 0 Å². The van der Waals surface area contributed by atoms with Gasteiger partial charge in [0.05, 0.1) is 0 Å². The van der Waals surface area contributed by atoms with Crippen molar-refractivity contribution >= 4 is 5.95 Å². The number of imidazole rings is 1. The highest BCUT2D eigenvalue weighted by molar-refractivity contribution is 5.25. The van der Waals surface area contributed by atoms with Crippen LogP contribution in [0.3, 0.4) is 0 Å². The lowest BCUT2D eigenvalue weighted by atomic mass is 10.2. The average Bonchev–Trinajstić information content (AvgIpc) is 2.76. The third-order valence-electron chi connectivity index (χ3n) is 2.44. The van der Waals surface area contributed by atoms with E-state index >= 15 is 0 Å². The fourth-order valence-corrected chi connectivity index (χ4v) is 1.61. The Bertz CT molecular complexity index is 422. The van der Waals surface area contributed by atoms with E-state index in [2.05, 4.69) is 26.8 Å². The first-order chi connectivity index (χ1) is 7.90. The van der Waals surface area contributed by atoms with Crippen molar-refractivity contribution in [3.8, 4) is 0 Å². The molecule has 0 fully saturated rings. The molecule has 0 amide bonds. The highest BCUT2D eigenvalue weighted by Crippen LogP contribution is 2.06. The Hall–Kier alpha value is -1.84. The molecule has 0 saturated carbocycles. The van der Waals surface area contributed by atoms with Crippen molar-refractivity contribution in [1.29, 1.82) is 0 Å². The van der Waals surface area contributed by atoms with Crippen molar-refractivity contribution in [2.75, 3.05) is 11.9 Å². The van der Waals surface area contributed by atoms with Crippen LogP contribution in [0.2, 0.25) is 0 Å². The van der Waals surface area contributed by atoms with Crippen LogP contribution in [0.15, 0.2) is 36.9 Å². The summed E-state index contributed by atoms with van der Waals surface area (Å²) in [4.78, 5) is 8.26. The summed E-state index contributed by atoms with van der Waals surface area (Å²) < 4.78 is 2.13. The molecule has 0 aliphatic carbocycles. The van der Waals surface area contributed by atoms with Gasteiger partial charge >= 0.3 is 0 Å². The molecule has 0 aromatic carbocycles. The Morgan fingerprint density at radius 1 is 1.25 bits per heavy atom. The molecule has 4 heteroatoms. The van der Waals surface area contributed by atoms with E-state index in [0.29, 0.717) is 0 Å². The summed E-state index contributed by atoms with van der Waals surface area (Å²) in [6.45, 7) is 3.90. The molecule has 2 heterocycles. The molecule has 0 spiro atoms. The zero-order chi connectivity index (χ0) is 11.2. The van der Waals surface area contributed by atoms with Gasteiger partial charge in [-0.15, -0.1) is 0 Å². The monoisotopic (exact) mass is 216 g/mol. The molecule has 2 rings (SSSR count). The van der Waals surface area contributed by atoms with E-state index in [9.17, 15) is 0 Å². The lowest BCUT2D eigenvalue weighted by Gasteiger charge is -2.08. The predicted molar refractivity (Wildman–Crippen MR) is 64.3 cm³/mol. The minimum absolute atomic E-state index is 0.895. The lowest BCUT2D eigenvalue weighted by molar-refractivity contribution is 0.700. The van der Waals surface area contributed by atoms with E-state index in [-0.39, 0.29) is 0 Å². The topological polar surface area (TPSA) is 42.7 Å². The number of hydrogen-bond donors (Lipinski definition) is 1. The second kappa shape index (κ2) is 5.30. The summed E-state index contributed by atoms with van der Waals surface area (Å²) in [7, 11) is 0. The number of aromatic nitrogens is 3. The maximum atomic E-state index is 4.26. The number of aryl methyl sites for hydroxylation is 2. The van der Waals surface area contributed by atoms with Crippen molar-refractivity contribution in [3.63, 3.8) is 0 Å². The normalized spacial score (nSPS) is 10.3. The first-order valence-corrected chi connectivity index (χ1v) is 5.54. The van der Waals surface area contributed by atoms with Crippen LogP contribution in [0.5, 0.6) is 0 Å². The van der Waals surface area contributed by atoms with E-state index in [1.165, 1.54) is 5.56 Å². The minimum Gasteiger partial charge on any atom is -0.356 e. The number of nitrogens with one attached hydrogen (secondary N) is 1. The zero-order valence-corrected chi connectivity index (χ0v) is 9.43. The van der Waals surface area contributed by atoms with Crippen LogP contribution in [0, 0.1) is 0 Å². The number of nitrogens with zero attached hydrogens (tertiary/aromatic N) is 3. The first-order valence-electron chi connectivity index (χ1n) is 5.54. The molecule has 0 aliphatic heterocycles. The van der Waals surface area contributed by atoms with E-state index in [1.54, 1.807) is 0 Å². The van der Waals surface area contributed by atoms with E-state index in [1.807, 2.05) is 36.9 Å². The van der Waals surface area contributed by atoms with Crippen molar-refractivity contribution in [2.45, 2.75) is 19.9 Å². The molecule has 2 aromatic heterocycles. The van der Waals surface area contributed by atoms with E-state index in [0.717, 1.165) is 25.5 Å². The van der Waals surface area contributed by atoms with Crippen molar-refractivity contribution in [1.82, 2.24) is 14.5 Å². The van der Waals surface area contributed by atoms with Crippen LogP contribution in [0.25, 0.3) is 0 Å². The van der Waals surface area contributed by atoms with Crippen LogP contribution >= 0.6 is 0 Å². The number of pyridine rings is 1. The highest BCUT2D eigenvalue weighted by Gasteiger charge is 2.00. The predicted octanol–water partition coefficient (Wildman–Crippen LogP) is 1.95. The Morgan fingerprint density at radius 2 is 2.06 bits per heavy atom. The molecule has 16 heavy (non-hydrogen) atoms. The highest BCUT2D eigenvalue weighted by atomic mass is 15.2. The molecule has 0 saturated heterocycles. The van der Waals surface area contributed by atoms with Crippen molar-refractivity contribution in [2.24, 2.45) is 0 Å². The van der Waals surface area contributed by atoms with Crippen LogP contribution in [0.1, 0.15) is 12.5 Å². The second-order valence-electron chi connectivity index (χ2n) is 3.58. The molecule has 0 unspecified atom stereocenters. The van der Waals surface area contributed by atoms with Gasteiger partial charge in [-0.05, 0) is 31.0 Å². The summed E-state index contributed by atoms with van der Waals surface area (Å²) in [6, 6.07) is 4.09. The van der Waals surface area contributed by atoms with Crippen LogP contribution in [0.4, 0.5) is 5.95 Å². The molecular weight excluding hydrogens is 200 g/mol. The molecule has 1 N–H and O–H groups in total. The maximum absolute atomic E-state index is 4.26. The van der Waals surface area contributed by atoms with Gasteiger partial charge in [0.2, 0.25) is 5.95 Å². The average molecular weight is 216 g/mol. The molecule has 0 atom stereocenters. The van der Waals surface area contributed by atoms with E-state index < -0.39 is 0 Å². The summed E-state index contributed by atoms with van der Waals surface area (Å²) in [5.41, 5.74) is 1.30. The lowest BCUT2D eigenvalue weighted by Crippen LogP contribution is -2.08. The molecule has 4 nitrogen and oxygen atoms in total. The summed E-state index contributed by atoms with van der Waals surface area (Å²) >= 11 is 0. The summed E-state index contributed by atoms with van der Waals surface area (Å²) in [5, 5.41) is 3.23. The number of anilines is 1. The van der Waals surface area contributed by atoms with Gasteiger partial charge in [0, 0.05) is 37.9 Å². The largest absolute Gasteiger partial charge is 0.356 e. The Morgan fingerprint density at radius 3 is 2.81 bits per heavy atom. The van der Waals surface area contributed by atoms with Crippen LogP contribution in [-0.4, -0.2) is 21.1 Å². The first kappa shape index (κ1) is 10.7. The third-order valence-corrected chi connectivity index (χ3v) is 2.44. The quantitative estimate of drug-likeness (QED) is 0.830. The standard InChI is InChI=1S/C12H16N4/c1-2-14-12-15-8-10-16(12)9-5-11-3-6-13-7-4-11/h3-4,6-8,10H,2,5,9H2,1H3,(H,14,15). The van der Waals surface area contributed by atoms with E-state index in [4.69, 9.17) is 0 Å². The summed E-state index contributed by atoms with van der Waals surface area (Å²) in [5.74, 6) is 0.941. The third kappa shape index (κ3) is 2.59. The number of hydrogen-bond acceptors (Lipinski definition) is 3. The van der Waals surface area contributed by atoms with Crippen LogP contribution in [-0.2, 0) is 13.0 Å². The molecule has 0 radical (unpaired) electrons. The summed E-state index contributed by atoms with van der Waals surface area (Å²) in [6.07, 6.45) is 8.48. The Balaban J connectivity index is 1.97. The molecular formula is C12H16N4. The van der Waals surface area contributed by atoms with Gasteiger partial charge < -0.3 is 9.88 Å². The van der Waals surface area contributed by atoms with Gasteiger partial charge in [-0.1, -0.05) is 0 Å². The SMILES string of the molecule is CCNc1nccn1CCc1ccncc1. The van der Waals surface area contributed by atoms with Crippen molar-refractivity contribution < 1.29 is 0 Å². The van der Waals surface area contributed by atoms with Gasteiger partial charge in [0.15, 0.2) is 0 Å². The van der Waals surface area contributed by atoms with Gasteiger partial charge in [0.25, 0.3) is 0 Å². The molecule has 0 aliphatic rings. The van der Waals surface area contributed by atoms with Crippen LogP contribution < -0.4 is 5.32 Å².